The van der Waals surface area contributed by atoms with E-state index in [2.05, 4.69) is 27.8 Å². The van der Waals surface area contributed by atoms with Crippen molar-refractivity contribution in [2.45, 2.75) is 25.4 Å². The number of fused-ring (bicyclic) bond motifs is 1. The first-order valence-electron chi connectivity index (χ1n) is 5.69. The van der Waals surface area contributed by atoms with E-state index in [0.717, 1.165) is 30.1 Å². The molecule has 1 aromatic heterocycles. The summed E-state index contributed by atoms with van der Waals surface area (Å²) in [5, 5.41) is 6.48. The minimum absolute atomic E-state index is 0.519. The molecular weight excluding hydrogens is 252 g/mol. The molecule has 88 valence electrons. The predicted molar refractivity (Wildman–Crippen MR) is 71.6 cm³/mol. The van der Waals surface area contributed by atoms with Gasteiger partial charge in [0.05, 0.1) is 11.2 Å². The van der Waals surface area contributed by atoms with E-state index in [1.165, 1.54) is 11.1 Å². The lowest BCUT2D eigenvalue weighted by Gasteiger charge is -2.09. The smallest absolute Gasteiger partial charge is 0.0795 e. The molecule has 1 atom stereocenters. The molecule has 2 nitrogen and oxygen atoms in total. The van der Waals surface area contributed by atoms with Crippen LogP contribution in [0.5, 0.6) is 0 Å². The van der Waals surface area contributed by atoms with E-state index in [4.69, 9.17) is 11.6 Å². The number of hydrogen-bond acceptors (Lipinski definition) is 3. The standard InChI is InChI=1S/C13H13ClN2S/c14-11-2-1-9-4-12(5-10(9)3-11)15-6-13-7-17-8-16-13/h1-3,7-8,12,15H,4-6H2. The summed E-state index contributed by atoms with van der Waals surface area (Å²) in [5.41, 5.74) is 5.81. The van der Waals surface area contributed by atoms with E-state index < -0.39 is 0 Å². The fraction of sp³-hybridized carbons (Fsp3) is 0.308. The van der Waals surface area contributed by atoms with Gasteiger partial charge >= 0.3 is 0 Å². The van der Waals surface area contributed by atoms with Gasteiger partial charge in [0.1, 0.15) is 0 Å². The van der Waals surface area contributed by atoms with Crippen LogP contribution >= 0.6 is 22.9 Å². The topological polar surface area (TPSA) is 24.9 Å². The summed E-state index contributed by atoms with van der Waals surface area (Å²) >= 11 is 7.64. The fourth-order valence-corrected chi connectivity index (χ4v) is 3.06. The van der Waals surface area contributed by atoms with Crippen molar-refractivity contribution in [1.82, 2.24) is 10.3 Å². The third-order valence-corrected chi connectivity index (χ3v) is 4.03. The fourth-order valence-electron chi connectivity index (χ4n) is 2.30. The van der Waals surface area contributed by atoms with Gasteiger partial charge in [-0.2, -0.15) is 0 Å². The lowest BCUT2D eigenvalue weighted by atomic mass is 10.1. The van der Waals surface area contributed by atoms with Gasteiger partial charge in [-0.05, 0) is 36.1 Å². The number of nitrogens with zero attached hydrogens (tertiary/aromatic N) is 1. The van der Waals surface area contributed by atoms with Crippen molar-refractivity contribution in [1.29, 1.82) is 0 Å². The van der Waals surface area contributed by atoms with E-state index in [1.54, 1.807) is 11.3 Å². The predicted octanol–water partition coefficient (Wildman–Crippen LogP) is 3.05. The van der Waals surface area contributed by atoms with Gasteiger partial charge in [-0.15, -0.1) is 11.3 Å². The van der Waals surface area contributed by atoms with E-state index in [1.807, 2.05) is 11.6 Å². The quantitative estimate of drug-likeness (QED) is 0.922. The second-order valence-electron chi connectivity index (χ2n) is 4.38. The zero-order valence-electron chi connectivity index (χ0n) is 9.32. The summed E-state index contributed by atoms with van der Waals surface area (Å²) in [4.78, 5) is 4.28. The minimum atomic E-state index is 0.519. The molecule has 0 radical (unpaired) electrons. The van der Waals surface area contributed by atoms with Crippen molar-refractivity contribution in [2.24, 2.45) is 0 Å². The summed E-state index contributed by atoms with van der Waals surface area (Å²) < 4.78 is 0. The summed E-state index contributed by atoms with van der Waals surface area (Å²) in [5.74, 6) is 0. The monoisotopic (exact) mass is 264 g/mol. The maximum absolute atomic E-state index is 6.00. The molecule has 1 heterocycles. The summed E-state index contributed by atoms with van der Waals surface area (Å²) in [6.07, 6.45) is 2.16. The Kier molecular flexibility index (Phi) is 3.14. The van der Waals surface area contributed by atoms with Crippen LogP contribution in [0.4, 0.5) is 0 Å². The van der Waals surface area contributed by atoms with Crippen LogP contribution in [0.15, 0.2) is 29.1 Å². The molecular formula is C13H13ClN2S. The third kappa shape index (κ3) is 2.51. The Morgan fingerprint density at radius 3 is 3.06 bits per heavy atom. The van der Waals surface area contributed by atoms with E-state index in [0.29, 0.717) is 6.04 Å². The molecule has 4 heteroatoms. The largest absolute Gasteiger partial charge is 0.308 e. The second-order valence-corrected chi connectivity index (χ2v) is 5.53. The van der Waals surface area contributed by atoms with Crippen LogP contribution in [0, 0.1) is 0 Å². The van der Waals surface area contributed by atoms with Gasteiger partial charge in [-0.25, -0.2) is 4.98 Å². The molecule has 0 saturated heterocycles. The van der Waals surface area contributed by atoms with Gasteiger partial charge in [0.15, 0.2) is 0 Å². The summed E-state index contributed by atoms with van der Waals surface area (Å²) in [6.45, 7) is 0.857. The Morgan fingerprint density at radius 2 is 2.24 bits per heavy atom. The number of aromatic nitrogens is 1. The lowest BCUT2D eigenvalue weighted by molar-refractivity contribution is 0.529. The van der Waals surface area contributed by atoms with Crippen molar-refractivity contribution >= 4 is 22.9 Å². The molecule has 2 aromatic rings. The molecule has 1 aliphatic carbocycles. The summed E-state index contributed by atoms with van der Waals surface area (Å²) in [6, 6.07) is 6.72. The first-order chi connectivity index (χ1) is 8.31. The second kappa shape index (κ2) is 4.77. The van der Waals surface area contributed by atoms with Crippen LogP contribution in [0.1, 0.15) is 16.8 Å². The Hall–Kier alpha value is -0.900. The highest BCUT2D eigenvalue weighted by atomic mass is 35.5. The Balaban J connectivity index is 1.62. The van der Waals surface area contributed by atoms with Crippen LogP contribution in [0.25, 0.3) is 0 Å². The van der Waals surface area contributed by atoms with Crippen LogP contribution in [0.2, 0.25) is 5.02 Å². The van der Waals surface area contributed by atoms with Crippen LogP contribution in [-0.4, -0.2) is 11.0 Å². The Morgan fingerprint density at radius 1 is 1.35 bits per heavy atom. The highest BCUT2D eigenvalue weighted by Crippen LogP contribution is 2.25. The molecule has 3 rings (SSSR count). The minimum Gasteiger partial charge on any atom is -0.308 e. The van der Waals surface area contributed by atoms with Gasteiger partial charge in [0.2, 0.25) is 0 Å². The molecule has 1 N–H and O–H groups in total. The van der Waals surface area contributed by atoms with Gasteiger partial charge in [0.25, 0.3) is 0 Å². The van der Waals surface area contributed by atoms with Gasteiger partial charge in [-0.1, -0.05) is 17.7 Å². The van der Waals surface area contributed by atoms with Crippen LogP contribution in [0.3, 0.4) is 0 Å². The molecule has 0 bridgehead atoms. The number of thiazole rings is 1. The first kappa shape index (κ1) is 11.2. The van der Waals surface area contributed by atoms with Crippen molar-refractivity contribution in [2.75, 3.05) is 0 Å². The number of rotatable bonds is 3. The average Bonchev–Trinajstić information content (AvgIpc) is 2.94. The van der Waals surface area contributed by atoms with E-state index >= 15 is 0 Å². The number of hydrogen-bond donors (Lipinski definition) is 1. The van der Waals surface area contributed by atoms with Crippen LogP contribution in [-0.2, 0) is 19.4 Å². The van der Waals surface area contributed by atoms with Gasteiger partial charge in [0, 0.05) is 23.0 Å². The van der Waals surface area contributed by atoms with Gasteiger partial charge in [-0.3, -0.25) is 0 Å². The lowest BCUT2D eigenvalue weighted by Crippen LogP contribution is -2.29. The highest BCUT2D eigenvalue weighted by Gasteiger charge is 2.20. The van der Waals surface area contributed by atoms with Crippen molar-refractivity contribution in [3.63, 3.8) is 0 Å². The number of nitrogens with one attached hydrogen (secondary N) is 1. The van der Waals surface area contributed by atoms with Gasteiger partial charge < -0.3 is 5.32 Å². The molecule has 0 spiro atoms. The Bertz CT molecular complexity index is 510. The molecule has 17 heavy (non-hydrogen) atoms. The van der Waals surface area contributed by atoms with Crippen molar-refractivity contribution in [3.05, 3.63) is 50.9 Å². The Labute approximate surface area is 110 Å². The molecule has 1 unspecified atom stereocenters. The molecule has 1 aliphatic rings. The number of halogens is 1. The number of benzene rings is 1. The first-order valence-corrected chi connectivity index (χ1v) is 7.01. The maximum Gasteiger partial charge on any atom is 0.0795 e. The highest BCUT2D eigenvalue weighted by molar-refractivity contribution is 7.07. The molecule has 0 fully saturated rings. The zero-order valence-corrected chi connectivity index (χ0v) is 10.9. The van der Waals surface area contributed by atoms with E-state index in [-0.39, 0.29) is 0 Å². The van der Waals surface area contributed by atoms with Crippen LogP contribution < -0.4 is 5.32 Å². The SMILES string of the molecule is Clc1ccc2c(c1)CC(NCc1cscn1)C2. The zero-order chi connectivity index (χ0) is 11.7. The van der Waals surface area contributed by atoms with E-state index in [9.17, 15) is 0 Å². The molecule has 0 aliphatic heterocycles. The molecule has 1 aromatic carbocycles. The normalized spacial score (nSPS) is 18.3. The van der Waals surface area contributed by atoms with Crippen molar-refractivity contribution in [3.8, 4) is 0 Å². The average molecular weight is 265 g/mol. The van der Waals surface area contributed by atoms with Crippen molar-refractivity contribution < 1.29 is 0 Å². The third-order valence-electron chi connectivity index (χ3n) is 3.16. The molecule has 0 saturated carbocycles. The molecule has 0 amide bonds. The summed E-state index contributed by atoms with van der Waals surface area (Å²) in [7, 11) is 0. The maximum atomic E-state index is 6.00.